The summed E-state index contributed by atoms with van der Waals surface area (Å²) in [6, 6.07) is 5.32. The lowest BCUT2D eigenvalue weighted by molar-refractivity contribution is 0.334. The molecule has 2 bridgehead atoms. The van der Waals surface area contributed by atoms with Crippen molar-refractivity contribution >= 4 is 21.6 Å². The standard InChI is InChI=1S/C14H19ClN2O2S/c1-10-2-5-14(13(15)8-10)20(18,19)17-11-3-4-12(17)9-16-7-6-11/h2,5,8,11-12,16H,3-4,6-7,9H2,1H3. The van der Waals surface area contributed by atoms with Crippen molar-refractivity contribution in [2.45, 2.75) is 43.2 Å². The van der Waals surface area contributed by atoms with E-state index in [0.29, 0.717) is 5.02 Å². The van der Waals surface area contributed by atoms with Crippen LogP contribution < -0.4 is 5.32 Å². The molecule has 0 aliphatic carbocycles. The lowest BCUT2D eigenvalue weighted by atomic mass is 10.1. The number of nitrogens with one attached hydrogen (secondary N) is 1. The average molecular weight is 315 g/mol. The van der Waals surface area contributed by atoms with Crippen molar-refractivity contribution in [2.24, 2.45) is 0 Å². The summed E-state index contributed by atoms with van der Waals surface area (Å²) in [6.07, 6.45) is 2.76. The molecular weight excluding hydrogens is 296 g/mol. The zero-order valence-corrected chi connectivity index (χ0v) is 13.0. The van der Waals surface area contributed by atoms with Crippen molar-refractivity contribution in [3.63, 3.8) is 0 Å². The molecular formula is C14H19ClN2O2S. The second-order valence-electron chi connectivity index (χ2n) is 5.65. The highest BCUT2D eigenvalue weighted by Crippen LogP contribution is 2.35. The van der Waals surface area contributed by atoms with Crippen LogP contribution in [0.3, 0.4) is 0 Å². The third-order valence-corrected chi connectivity index (χ3v) is 6.72. The van der Waals surface area contributed by atoms with E-state index in [4.69, 9.17) is 11.6 Å². The fourth-order valence-electron chi connectivity index (χ4n) is 3.26. The van der Waals surface area contributed by atoms with Crippen LogP contribution >= 0.6 is 11.6 Å². The summed E-state index contributed by atoms with van der Waals surface area (Å²) in [7, 11) is -3.51. The van der Waals surface area contributed by atoms with Gasteiger partial charge in [0.05, 0.1) is 5.02 Å². The maximum absolute atomic E-state index is 12.9. The van der Waals surface area contributed by atoms with Crippen LogP contribution in [0.1, 0.15) is 24.8 Å². The highest BCUT2D eigenvalue weighted by atomic mass is 35.5. The van der Waals surface area contributed by atoms with Gasteiger partial charge in [0.25, 0.3) is 0 Å². The van der Waals surface area contributed by atoms with Crippen LogP contribution in [0.4, 0.5) is 0 Å². The third-order valence-electron chi connectivity index (χ3n) is 4.23. The highest BCUT2D eigenvalue weighted by Gasteiger charge is 2.43. The van der Waals surface area contributed by atoms with Gasteiger partial charge in [0.15, 0.2) is 0 Å². The van der Waals surface area contributed by atoms with Gasteiger partial charge in [0.2, 0.25) is 10.0 Å². The molecule has 0 aromatic heterocycles. The number of halogens is 1. The van der Waals surface area contributed by atoms with E-state index < -0.39 is 10.0 Å². The zero-order valence-electron chi connectivity index (χ0n) is 11.5. The van der Waals surface area contributed by atoms with Crippen molar-refractivity contribution in [3.8, 4) is 0 Å². The van der Waals surface area contributed by atoms with Crippen LogP contribution in [0.15, 0.2) is 23.1 Å². The number of hydrogen-bond donors (Lipinski definition) is 1. The monoisotopic (exact) mass is 314 g/mol. The van der Waals surface area contributed by atoms with Crippen LogP contribution in [0, 0.1) is 6.92 Å². The average Bonchev–Trinajstić information content (AvgIpc) is 2.63. The summed E-state index contributed by atoms with van der Waals surface area (Å²) in [5, 5.41) is 3.64. The Morgan fingerprint density at radius 3 is 2.75 bits per heavy atom. The Morgan fingerprint density at radius 2 is 2.00 bits per heavy atom. The molecule has 1 aromatic rings. The molecule has 2 aliphatic rings. The van der Waals surface area contributed by atoms with E-state index in [0.717, 1.165) is 37.9 Å². The SMILES string of the molecule is Cc1ccc(S(=O)(=O)N2C3CCNCC2CC3)c(Cl)c1. The van der Waals surface area contributed by atoms with Crippen LogP contribution in [0.25, 0.3) is 0 Å². The largest absolute Gasteiger partial charge is 0.315 e. The Balaban J connectivity index is 2.03. The fourth-order valence-corrected chi connectivity index (χ4v) is 5.74. The van der Waals surface area contributed by atoms with E-state index >= 15 is 0 Å². The lowest BCUT2D eigenvalue weighted by Gasteiger charge is -2.27. The number of nitrogens with zero attached hydrogens (tertiary/aromatic N) is 1. The van der Waals surface area contributed by atoms with Crippen molar-refractivity contribution in [2.75, 3.05) is 13.1 Å². The molecule has 110 valence electrons. The fraction of sp³-hybridized carbons (Fsp3) is 0.571. The van der Waals surface area contributed by atoms with E-state index in [-0.39, 0.29) is 17.0 Å². The second-order valence-corrected chi connectivity index (χ2v) is 7.87. The summed E-state index contributed by atoms with van der Waals surface area (Å²) in [5.74, 6) is 0. The summed E-state index contributed by atoms with van der Waals surface area (Å²) >= 11 is 6.17. The summed E-state index contributed by atoms with van der Waals surface area (Å²) in [5.41, 5.74) is 0.967. The number of benzene rings is 1. The number of hydrogen-bond acceptors (Lipinski definition) is 3. The van der Waals surface area contributed by atoms with Gasteiger partial charge < -0.3 is 5.32 Å². The van der Waals surface area contributed by atoms with Gasteiger partial charge in [-0.2, -0.15) is 4.31 Å². The highest BCUT2D eigenvalue weighted by molar-refractivity contribution is 7.89. The van der Waals surface area contributed by atoms with Crippen molar-refractivity contribution in [1.82, 2.24) is 9.62 Å². The molecule has 2 atom stereocenters. The molecule has 0 spiro atoms. The zero-order chi connectivity index (χ0) is 14.3. The maximum atomic E-state index is 12.9. The molecule has 3 rings (SSSR count). The molecule has 1 N–H and O–H groups in total. The summed E-state index contributed by atoms with van der Waals surface area (Å²) < 4.78 is 27.6. The molecule has 1 aromatic carbocycles. The van der Waals surface area contributed by atoms with Crippen LogP contribution in [-0.4, -0.2) is 37.9 Å². The van der Waals surface area contributed by atoms with Crippen LogP contribution in [0.5, 0.6) is 0 Å². The quantitative estimate of drug-likeness (QED) is 0.910. The van der Waals surface area contributed by atoms with Crippen molar-refractivity contribution in [3.05, 3.63) is 28.8 Å². The molecule has 0 saturated carbocycles. The summed E-state index contributed by atoms with van der Waals surface area (Å²) in [6.45, 7) is 3.52. The number of sulfonamides is 1. The molecule has 6 heteroatoms. The Bertz CT molecular complexity index is 604. The number of fused-ring (bicyclic) bond motifs is 2. The molecule has 2 unspecified atom stereocenters. The van der Waals surface area contributed by atoms with Gasteiger partial charge in [-0.3, -0.25) is 0 Å². The van der Waals surface area contributed by atoms with Gasteiger partial charge >= 0.3 is 0 Å². The first-order chi connectivity index (χ1) is 9.50. The minimum absolute atomic E-state index is 0.0601. The van der Waals surface area contributed by atoms with Gasteiger partial charge in [-0.1, -0.05) is 17.7 Å². The van der Waals surface area contributed by atoms with E-state index in [9.17, 15) is 8.42 Å². The Hall–Kier alpha value is -0.620. The first-order valence-corrected chi connectivity index (χ1v) is 8.82. The van der Waals surface area contributed by atoms with Crippen LogP contribution in [0.2, 0.25) is 5.02 Å². The van der Waals surface area contributed by atoms with Gasteiger partial charge in [0, 0.05) is 18.6 Å². The Kier molecular flexibility index (Phi) is 3.79. The van der Waals surface area contributed by atoms with Crippen LogP contribution in [-0.2, 0) is 10.0 Å². The molecule has 0 radical (unpaired) electrons. The molecule has 0 amide bonds. The van der Waals surface area contributed by atoms with Gasteiger partial charge in [-0.05, 0) is 50.4 Å². The van der Waals surface area contributed by atoms with Crippen molar-refractivity contribution < 1.29 is 8.42 Å². The summed E-state index contributed by atoms with van der Waals surface area (Å²) in [4.78, 5) is 0.239. The third kappa shape index (κ3) is 2.37. The topological polar surface area (TPSA) is 49.4 Å². The molecule has 2 heterocycles. The minimum atomic E-state index is -3.51. The van der Waals surface area contributed by atoms with Crippen molar-refractivity contribution in [1.29, 1.82) is 0 Å². The van der Waals surface area contributed by atoms with E-state index in [1.807, 2.05) is 6.92 Å². The molecule has 4 nitrogen and oxygen atoms in total. The maximum Gasteiger partial charge on any atom is 0.245 e. The van der Waals surface area contributed by atoms with E-state index in [1.165, 1.54) is 0 Å². The molecule has 20 heavy (non-hydrogen) atoms. The Labute approximate surface area is 125 Å². The van der Waals surface area contributed by atoms with E-state index in [1.54, 1.807) is 22.5 Å². The smallest absolute Gasteiger partial charge is 0.245 e. The minimum Gasteiger partial charge on any atom is -0.315 e. The second kappa shape index (κ2) is 5.30. The first kappa shape index (κ1) is 14.3. The van der Waals surface area contributed by atoms with Gasteiger partial charge in [-0.15, -0.1) is 0 Å². The van der Waals surface area contributed by atoms with E-state index in [2.05, 4.69) is 5.32 Å². The lowest BCUT2D eigenvalue weighted by Crippen LogP contribution is -2.42. The Morgan fingerprint density at radius 1 is 1.25 bits per heavy atom. The predicted octanol–water partition coefficient (Wildman–Crippen LogP) is 2.16. The first-order valence-electron chi connectivity index (χ1n) is 7.00. The predicted molar refractivity (Wildman–Crippen MR) is 79.5 cm³/mol. The normalized spacial score (nSPS) is 27.5. The molecule has 2 aliphatic heterocycles. The molecule has 2 saturated heterocycles. The number of aryl methyl sites for hydroxylation is 1. The molecule has 2 fully saturated rings. The number of rotatable bonds is 2. The van der Waals surface area contributed by atoms with Gasteiger partial charge in [-0.25, -0.2) is 8.42 Å². The van der Waals surface area contributed by atoms with Gasteiger partial charge in [0.1, 0.15) is 4.90 Å².